The molecule has 0 saturated heterocycles. The van der Waals surface area contributed by atoms with E-state index in [0.29, 0.717) is 6.61 Å². The van der Waals surface area contributed by atoms with Gasteiger partial charge in [0.1, 0.15) is 0 Å². The second kappa shape index (κ2) is 8.12. The highest BCUT2D eigenvalue weighted by molar-refractivity contribution is 6.49. The molecule has 0 N–H and O–H groups in total. The van der Waals surface area contributed by atoms with E-state index in [0.717, 1.165) is 0 Å². The van der Waals surface area contributed by atoms with Crippen LogP contribution in [0.1, 0.15) is 34.6 Å². The van der Waals surface area contributed by atoms with Crippen LogP contribution in [0.25, 0.3) is 0 Å². The number of ether oxygens (including phenoxy) is 1. The molecule has 5 heteroatoms. The van der Waals surface area contributed by atoms with E-state index in [-0.39, 0.29) is 23.5 Å². The van der Waals surface area contributed by atoms with Crippen molar-refractivity contribution in [2.45, 2.75) is 52.1 Å². The Balaban J connectivity index is 4.05. The molecule has 0 aromatic heterocycles. The molecule has 0 aliphatic carbocycles. The first-order valence-corrected chi connectivity index (χ1v) is 7.18. The number of carbonyl (C=O) groups is 1. The van der Waals surface area contributed by atoms with E-state index < -0.39 is 14.8 Å². The largest absolute Gasteiger partial charge is 0.686 e. The molecular weight excluding hydrogens is 211 g/mol. The summed E-state index contributed by atoms with van der Waals surface area (Å²) in [5.74, 6) is -0.226. The molecule has 0 heterocycles. The Labute approximate surface area is 97.0 Å². The average Bonchev–Trinajstić information content (AvgIpc) is 2.00. The van der Waals surface area contributed by atoms with E-state index in [2.05, 4.69) is 0 Å². The number of hydrogen-bond acceptors (Lipinski definition) is 4. The number of hydrogen-bond donors (Lipinski definition) is 0. The van der Waals surface area contributed by atoms with Crippen LogP contribution in [0.15, 0.2) is 0 Å². The highest BCUT2D eigenvalue weighted by Crippen LogP contribution is 2.06. The van der Waals surface area contributed by atoms with Crippen LogP contribution in [0.4, 0.5) is 0 Å². The predicted molar refractivity (Wildman–Crippen MR) is 59.6 cm³/mol. The maximum absolute atomic E-state index is 11.3. The minimum absolute atomic E-state index is 0.0924. The van der Waals surface area contributed by atoms with Crippen molar-refractivity contribution in [2.75, 3.05) is 6.61 Å². The van der Waals surface area contributed by atoms with Crippen LogP contribution >= 0.6 is 0 Å². The zero-order chi connectivity index (χ0) is 11.8. The lowest BCUT2D eigenvalue weighted by atomic mass is 10.5. The minimum atomic E-state index is -1.91. The third-order valence-corrected chi connectivity index (χ3v) is 3.85. The van der Waals surface area contributed by atoms with Crippen molar-refractivity contribution in [3.63, 3.8) is 0 Å². The fourth-order valence-corrected chi connectivity index (χ4v) is 2.95. The minimum Gasteiger partial charge on any atom is -0.476 e. The molecule has 0 saturated carbocycles. The lowest BCUT2D eigenvalue weighted by Gasteiger charge is -2.18. The predicted octanol–water partition coefficient (Wildman–Crippen LogP) is 1.89. The van der Waals surface area contributed by atoms with Gasteiger partial charge in [-0.1, -0.05) is 0 Å². The standard InChI is InChI=1S/C4H7O2.2C3H7O.Al/c1-3-6-4(2)5;2*1-3(2)4;/h2-3H2,1H3;2*3H,1-2H3;/q;2*-1;+2. The van der Waals surface area contributed by atoms with Crippen molar-refractivity contribution >= 4 is 20.8 Å². The van der Waals surface area contributed by atoms with Crippen molar-refractivity contribution < 1.29 is 17.1 Å². The molecule has 88 valence electrons. The summed E-state index contributed by atoms with van der Waals surface area (Å²) in [5, 5.41) is 0.282. The molecule has 0 radical (unpaired) electrons. The van der Waals surface area contributed by atoms with Crippen LogP contribution in [0, 0.1) is 0 Å². The third kappa shape index (κ3) is 8.89. The van der Waals surface area contributed by atoms with Crippen LogP contribution in [0.5, 0.6) is 0 Å². The summed E-state index contributed by atoms with van der Waals surface area (Å²) in [6.45, 7) is 9.96. The molecule has 0 spiro atoms. The molecule has 0 rings (SSSR count). The van der Waals surface area contributed by atoms with E-state index in [1.165, 1.54) is 0 Å². The SMILES string of the molecule is CCOC(=O)[CH2][Al]([O]C(C)C)[O]C(C)C. The molecular formula is C10H21AlO4. The topological polar surface area (TPSA) is 44.8 Å². The zero-order valence-corrected chi connectivity index (χ0v) is 11.4. The molecule has 0 aromatic carbocycles. The maximum Gasteiger partial charge on any atom is 0.686 e. The van der Waals surface area contributed by atoms with Gasteiger partial charge in [-0.2, -0.15) is 0 Å². The summed E-state index contributed by atoms with van der Waals surface area (Å²) in [6, 6.07) is 0. The first-order valence-electron chi connectivity index (χ1n) is 5.42. The molecule has 0 aromatic rings. The Hall–Kier alpha value is -0.0775. The second-order valence-corrected chi connectivity index (χ2v) is 5.62. The summed E-state index contributed by atoms with van der Waals surface area (Å²) in [5.41, 5.74) is 0. The summed E-state index contributed by atoms with van der Waals surface area (Å²) in [4.78, 5) is 11.3. The van der Waals surface area contributed by atoms with Crippen LogP contribution in [0.2, 0.25) is 5.28 Å². The molecule has 0 aliphatic heterocycles. The van der Waals surface area contributed by atoms with Crippen molar-refractivity contribution in [1.82, 2.24) is 0 Å². The highest BCUT2D eigenvalue weighted by atomic mass is 27.2. The normalized spacial score (nSPS) is 10.9. The fourth-order valence-electron chi connectivity index (χ4n) is 1.09. The van der Waals surface area contributed by atoms with Gasteiger partial charge in [0.05, 0.1) is 11.9 Å². The van der Waals surface area contributed by atoms with E-state index in [1.807, 2.05) is 27.7 Å². The van der Waals surface area contributed by atoms with Crippen LogP contribution in [-0.4, -0.2) is 39.6 Å². The van der Waals surface area contributed by atoms with Gasteiger partial charge in [0.15, 0.2) is 0 Å². The Bertz CT molecular complexity index is 172. The lowest BCUT2D eigenvalue weighted by Crippen LogP contribution is -2.32. The van der Waals surface area contributed by atoms with Crippen molar-refractivity contribution in [3.8, 4) is 0 Å². The van der Waals surface area contributed by atoms with E-state index in [4.69, 9.17) is 12.3 Å². The molecule has 0 atom stereocenters. The molecule has 4 nitrogen and oxygen atoms in total. The Morgan fingerprint density at radius 1 is 1.13 bits per heavy atom. The third-order valence-electron chi connectivity index (χ3n) is 1.49. The maximum atomic E-state index is 11.3. The van der Waals surface area contributed by atoms with Crippen molar-refractivity contribution in [2.24, 2.45) is 0 Å². The van der Waals surface area contributed by atoms with Gasteiger partial charge in [-0.15, -0.1) is 0 Å². The quantitative estimate of drug-likeness (QED) is 0.496. The Morgan fingerprint density at radius 2 is 1.60 bits per heavy atom. The summed E-state index contributed by atoms with van der Waals surface area (Å²) < 4.78 is 16.1. The molecule has 15 heavy (non-hydrogen) atoms. The lowest BCUT2D eigenvalue weighted by molar-refractivity contribution is -0.140. The van der Waals surface area contributed by atoms with Gasteiger partial charge in [-0.25, -0.2) is 0 Å². The highest BCUT2D eigenvalue weighted by Gasteiger charge is 2.31. The van der Waals surface area contributed by atoms with Gasteiger partial charge in [-0.3, -0.25) is 4.79 Å². The fraction of sp³-hybridized carbons (Fsp3) is 0.900. The zero-order valence-electron chi connectivity index (χ0n) is 10.3. The molecule has 0 fully saturated rings. The van der Waals surface area contributed by atoms with Gasteiger partial charge in [0.2, 0.25) is 0 Å². The van der Waals surface area contributed by atoms with Crippen LogP contribution < -0.4 is 0 Å². The van der Waals surface area contributed by atoms with Gasteiger partial charge in [0, 0.05) is 12.2 Å². The van der Waals surface area contributed by atoms with E-state index >= 15 is 0 Å². The van der Waals surface area contributed by atoms with Gasteiger partial charge in [-0.05, 0) is 34.6 Å². The Morgan fingerprint density at radius 3 is 1.93 bits per heavy atom. The Kier molecular flexibility index (Phi) is 8.08. The summed E-state index contributed by atoms with van der Waals surface area (Å²) in [6.07, 6.45) is 0.185. The summed E-state index contributed by atoms with van der Waals surface area (Å²) in [7, 11) is 0. The molecule has 0 bridgehead atoms. The smallest absolute Gasteiger partial charge is 0.476 e. The summed E-state index contributed by atoms with van der Waals surface area (Å²) >= 11 is -1.91. The van der Waals surface area contributed by atoms with E-state index in [9.17, 15) is 4.79 Å². The molecule has 0 aliphatic rings. The van der Waals surface area contributed by atoms with Gasteiger partial charge >= 0.3 is 14.8 Å². The van der Waals surface area contributed by atoms with Crippen LogP contribution in [-0.2, 0) is 17.1 Å². The van der Waals surface area contributed by atoms with Crippen molar-refractivity contribution in [3.05, 3.63) is 0 Å². The molecule has 0 amide bonds. The van der Waals surface area contributed by atoms with Crippen LogP contribution in [0.3, 0.4) is 0 Å². The first-order chi connectivity index (χ1) is 6.95. The van der Waals surface area contributed by atoms with Gasteiger partial charge in [0.25, 0.3) is 5.97 Å². The van der Waals surface area contributed by atoms with E-state index in [1.54, 1.807) is 6.92 Å². The molecule has 0 unspecified atom stereocenters. The first kappa shape index (κ1) is 14.9. The monoisotopic (exact) mass is 232 g/mol. The average molecular weight is 232 g/mol. The number of rotatable bonds is 7. The van der Waals surface area contributed by atoms with Crippen molar-refractivity contribution in [1.29, 1.82) is 0 Å². The second-order valence-electron chi connectivity index (χ2n) is 3.81. The number of esters is 1. The number of carbonyl (C=O) groups excluding carboxylic acids is 1. The van der Waals surface area contributed by atoms with Gasteiger partial charge < -0.3 is 12.3 Å².